The SMILES string of the molecule is Cc1sc(N2C(=O)c3ccccc3C2=O)c(C(=O)c2ccc(Cl)cc2)c1CN1CCN(c2ccc(I)cc2)CC1. The summed E-state index contributed by atoms with van der Waals surface area (Å²) in [6.45, 7) is 5.92. The molecule has 6 nitrogen and oxygen atoms in total. The largest absolute Gasteiger partial charge is 0.369 e. The maximum atomic E-state index is 14.0. The second kappa shape index (κ2) is 11.1. The van der Waals surface area contributed by atoms with Crippen LogP contribution in [0, 0.1) is 10.5 Å². The molecule has 0 saturated carbocycles. The number of imide groups is 1. The summed E-state index contributed by atoms with van der Waals surface area (Å²) in [6.07, 6.45) is 0. The zero-order valence-corrected chi connectivity index (χ0v) is 25.4. The molecule has 0 bridgehead atoms. The van der Waals surface area contributed by atoms with Gasteiger partial charge in [0.2, 0.25) is 0 Å². The van der Waals surface area contributed by atoms with Crippen LogP contribution in [0.4, 0.5) is 10.7 Å². The van der Waals surface area contributed by atoms with Crippen molar-refractivity contribution in [3.63, 3.8) is 0 Å². The van der Waals surface area contributed by atoms with Crippen LogP contribution in [0.2, 0.25) is 5.02 Å². The molecule has 3 heterocycles. The van der Waals surface area contributed by atoms with Crippen LogP contribution < -0.4 is 9.80 Å². The summed E-state index contributed by atoms with van der Waals surface area (Å²) in [5.41, 5.74) is 3.66. The van der Waals surface area contributed by atoms with Crippen LogP contribution in [0.15, 0.2) is 72.8 Å². The predicted molar refractivity (Wildman–Crippen MR) is 168 cm³/mol. The molecule has 0 spiro atoms. The van der Waals surface area contributed by atoms with E-state index in [1.165, 1.54) is 25.5 Å². The predicted octanol–water partition coefficient (Wildman–Crippen LogP) is 6.67. The average molecular weight is 682 g/mol. The van der Waals surface area contributed by atoms with E-state index in [0.717, 1.165) is 36.6 Å². The second-order valence-corrected chi connectivity index (χ2v) is 12.8. The third kappa shape index (κ3) is 4.98. The number of hydrogen-bond acceptors (Lipinski definition) is 6. The minimum Gasteiger partial charge on any atom is -0.369 e. The fourth-order valence-corrected chi connectivity index (χ4v) is 6.94. The summed E-state index contributed by atoms with van der Waals surface area (Å²) in [6, 6.07) is 22.1. The second-order valence-electron chi connectivity index (χ2n) is 9.88. The quantitative estimate of drug-likeness (QED) is 0.129. The topological polar surface area (TPSA) is 60.9 Å². The number of ketones is 1. The zero-order chi connectivity index (χ0) is 28.0. The van der Waals surface area contributed by atoms with Gasteiger partial charge in [0.05, 0.1) is 16.7 Å². The summed E-state index contributed by atoms with van der Waals surface area (Å²) in [7, 11) is 0. The van der Waals surface area contributed by atoms with Crippen LogP contribution in [0.25, 0.3) is 0 Å². The van der Waals surface area contributed by atoms with Crippen molar-refractivity contribution in [2.45, 2.75) is 13.5 Å². The molecule has 1 saturated heterocycles. The van der Waals surface area contributed by atoms with E-state index in [1.54, 1.807) is 48.5 Å². The highest BCUT2D eigenvalue weighted by molar-refractivity contribution is 14.1. The molecule has 1 aromatic heterocycles. The molecule has 3 aromatic carbocycles. The van der Waals surface area contributed by atoms with Crippen molar-refractivity contribution >= 4 is 73.8 Å². The Morgan fingerprint density at radius 3 is 2.08 bits per heavy atom. The highest BCUT2D eigenvalue weighted by Gasteiger charge is 2.40. The zero-order valence-electron chi connectivity index (χ0n) is 21.7. The number of rotatable bonds is 6. The van der Waals surface area contributed by atoms with Gasteiger partial charge in [-0.25, -0.2) is 4.90 Å². The van der Waals surface area contributed by atoms with E-state index in [1.807, 2.05) is 6.92 Å². The van der Waals surface area contributed by atoms with Crippen molar-refractivity contribution in [2.24, 2.45) is 0 Å². The van der Waals surface area contributed by atoms with Gasteiger partial charge in [-0.3, -0.25) is 19.3 Å². The number of benzene rings is 3. The van der Waals surface area contributed by atoms with Crippen LogP contribution in [0.3, 0.4) is 0 Å². The van der Waals surface area contributed by atoms with Crippen LogP contribution in [-0.2, 0) is 6.54 Å². The van der Waals surface area contributed by atoms with Crippen molar-refractivity contribution in [1.29, 1.82) is 0 Å². The number of piperazine rings is 1. The molecule has 1 fully saturated rings. The smallest absolute Gasteiger partial charge is 0.266 e. The van der Waals surface area contributed by atoms with Crippen LogP contribution in [0.5, 0.6) is 0 Å². The first-order valence-electron chi connectivity index (χ1n) is 12.9. The van der Waals surface area contributed by atoms with Crippen LogP contribution in [-0.4, -0.2) is 48.7 Å². The van der Waals surface area contributed by atoms with Crippen molar-refractivity contribution in [3.8, 4) is 0 Å². The Kier molecular flexibility index (Phi) is 7.52. The van der Waals surface area contributed by atoms with E-state index in [4.69, 9.17) is 11.6 Å². The van der Waals surface area contributed by atoms with Gasteiger partial charge in [0.25, 0.3) is 11.8 Å². The minimum atomic E-state index is -0.398. The highest BCUT2D eigenvalue weighted by atomic mass is 127. The van der Waals surface area contributed by atoms with Crippen molar-refractivity contribution in [1.82, 2.24) is 4.90 Å². The lowest BCUT2D eigenvalue weighted by molar-refractivity contribution is 0.0927. The molecule has 0 aliphatic carbocycles. The van der Waals surface area contributed by atoms with Crippen LogP contribution in [0.1, 0.15) is 47.1 Å². The molecular formula is C31H25ClIN3O3S. The van der Waals surface area contributed by atoms with E-state index in [9.17, 15) is 14.4 Å². The molecule has 2 aliphatic rings. The van der Waals surface area contributed by atoms with Gasteiger partial charge in [-0.2, -0.15) is 0 Å². The monoisotopic (exact) mass is 681 g/mol. The lowest BCUT2D eigenvalue weighted by Gasteiger charge is -2.36. The first-order chi connectivity index (χ1) is 19.3. The van der Waals surface area contributed by atoms with E-state index in [0.29, 0.717) is 38.8 Å². The molecule has 4 aromatic rings. The number of fused-ring (bicyclic) bond motifs is 1. The summed E-state index contributed by atoms with van der Waals surface area (Å²) < 4.78 is 1.21. The average Bonchev–Trinajstić information content (AvgIpc) is 3.41. The third-order valence-electron chi connectivity index (χ3n) is 7.47. The Hall–Kier alpha value is -3.05. The van der Waals surface area contributed by atoms with Gasteiger partial charge >= 0.3 is 0 Å². The Morgan fingerprint density at radius 2 is 1.48 bits per heavy atom. The highest BCUT2D eigenvalue weighted by Crippen LogP contribution is 2.41. The minimum absolute atomic E-state index is 0.222. The number of nitrogens with zero attached hydrogens (tertiary/aromatic N) is 3. The van der Waals surface area contributed by atoms with Gasteiger partial charge in [0, 0.05) is 57.4 Å². The first-order valence-corrected chi connectivity index (χ1v) is 15.2. The molecule has 0 N–H and O–H groups in total. The molecule has 202 valence electrons. The number of carbonyl (C=O) groups is 3. The normalized spacial score (nSPS) is 15.6. The van der Waals surface area contributed by atoms with E-state index >= 15 is 0 Å². The summed E-state index contributed by atoms with van der Waals surface area (Å²) in [5.74, 6) is -1.02. The number of anilines is 2. The lowest BCUT2D eigenvalue weighted by Crippen LogP contribution is -2.46. The summed E-state index contributed by atoms with van der Waals surface area (Å²) >= 11 is 9.74. The molecule has 6 rings (SSSR count). The number of thiophene rings is 1. The molecule has 2 aliphatic heterocycles. The number of carbonyl (C=O) groups excluding carboxylic acids is 3. The maximum Gasteiger partial charge on any atom is 0.266 e. The third-order valence-corrected chi connectivity index (χ3v) is 9.57. The fraction of sp³-hybridized carbons (Fsp3) is 0.194. The van der Waals surface area contributed by atoms with Gasteiger partial charge in [0.1, 0.15) is 5.00 Å². The molecule has 0 unspecified atom stereocenters. The van der Waals surface area contributed by atoms with E-state index in [-0.39, 0.29) is 5.78 Å². The first kappa shape index (κ1) is 27.1. The Morgan fingerprint density at radius 1 is 0.875 bits per heavy atom. The van der Waals surface area contributed by atoms with Crippen LogP contribution >= 0.6 is 45.5 Å². The molecule has 0 atom stereocenters. The summed E-state index contributed by atoms with van der Waals surface area (Å²) in [5, 5.41) is 0.918. The Bertz CT molecular complexity index is 1590. The molecule has 2 amide bonds. The van der Waals surface area contributed by atoms with Gasteiger partial charge in [0.15, 0.2) is 5.78 Å². The number of hydrogen-bond donors (Lipinski definition) is 0. The van der Waals surface area contributed by atoms with Crippen molar-refractivity contribution in [2.75, 3.05) is 36.0 Å². The van der Waals surface area contributed by atoms with Crippen molar-refractivity contribution in [3.05, 3.63) is 114 Å². The molecular weight excluding hydrogens is 657 g/mol. The van der Waals surface area contributed by atoms with Crippen molar-refractivity contribution < 1.29 is 14.4 Å². The van der Waals surface area contributed by atoms with Gasteiger partial charge in [-0.1, -0.05) is 23.7 Å². The molecule has 0 radical (unpaired) electrons. The molecule has 9 heteroatoms. The summed E-state index contributed by atoms with van der Waals surface area (Å²) in [4.78, 5) is 47.7. The van der Waals surface area contributed by atoms with E-state index in [2.05, 4.69) is 56.7 Å². The van der Waals surface area contributed by atoms with Gasteiger partial charge < -0.3 is 4.90 Å². The fourth-order valence-electron chi connectivity index (χ4n) is 5.30. The van der Waals surface area contributed by atoms with Gasteiger partial charge in [-0.05, 0) is 95.7 Å². The van der Waals surface area contributed by atoms with E-state index < -0.39 is 11.8 Å². The van der Waals surface area contributed by atoms with Gasteiger partial charge in [-0.15, -0.1) is 11.3 Å². The number of aryl methyl sites for hydroxylation is 1. The standard InChI is InChI=1S/C31H25ClIN3O3S/c1-19-26(18-34-14-16-35(17-15-34)23-12-10-22(33)11-13-23)27(28(37)20-6-8-21(32)9-7-20)31(40-19)36-29(38)24-4-2-3-5-25(24)30(36)39/h2-13H,14-18H2,1H3. The maximum absolute atomic E-state index is 14.0. The number of amides is 2. The number of halogens is 2. The lowest BCUT2D eigenvalue weighted by atomic mass is 9.99. The molecule has 40 heavy (non-hydrogen) atoms. The Balaban J connectivity index is 1.34. The Labute approximate surface area is 255 Å².